The van der Waals surface area contributed by atoms with Crippen LogP contribution in [0.4, 0.5) is 0 Å². The molecule has 0 aliphatic carbocycles. The average molecular weight is 355 g/mol. The van der Waals surface area contributed by atoms with Crippen LogP contribution < -0.4 is 10.2 Å². The molecule has 2 N–H and O–H groups in total. The van der Waals surface area contributed by atoms with Gasteiger partial charge in [-0.1, -0.05) is 0 Å². The van der Waals surface area contributed by atoms with Crippen LogP contribution in [0.15, 0.2) is 53.6 Å². The van der Waals surface area contributed by atoms with Crippen LogP contribution >= 0.6 is 0 Å². The highest BCUT2D eigenvalue weighted by Crippen LogP contribution is 2.13. The second kappa shape index (κ2) is 8.66. The summed E-state index contributed by atoms with van der Waals surface area (Å²) in [5, 5.41) is 13.3. The molecule has 7 nitrogen and oxygen atoms in total. The molecule has 0 fully saturated rings. The van der Waals surface area contributed by atoms with Crippen molar-refractivity contribution in [3.8, 4) is 11.5 Å². The number of aromatic hydroxyl groups is 1. The van der Waals surface area contributed by atoms with Crippen LogP contribution in [0.5, 0.6) is 11.5 Å². The predicted molar refractivity (Wildman–Crippen MR) is 98.4 cm³/mol. The SMILES string of the molecule is C/C(=N/NC(=O)c1ccc(O)cc1)c1ccc(OCC(=O)N(C)C)cc1. The molecule has 0 spiro atoms. The number of nitrogens with zero attached hydrogens (tertiary/aromatic N) is 2. The summed E-state index contributed by atoms with van der Waals surface area (Å²) in [6.45, 7) is 1.74. The van der Waals surface area contributed by atoms with Gasteiger partial charge in [0.05, 0.1) is 5.71 Å². The highest BCUT2D eigenvalue weighted by molar-refractivity contribution is 6.00. The van der Waals surface area contributed by atoms with Gasteiger partial charge in [0.2, 0.25) is 0 Å². The quantitative estimate of drug-likeness (QED) is 0.613. The second-order valence-electron chi connectivity index (χ2n) is 5.79. The predicted octanol–water partition coefficient (Wildman–Crippen LogP) is 2.01. The fourth-order valence-electron chi connectivity index (χ4n) is 1.94. The van der Waals surface area contributed by atoms with Crippen molar-refractivity contribution in [2.24, 2.45) is 5.10 Å². The van der Waals surface area contributed by atoms with Crippen LogP contribution in [0, 0.1) is 0 Å². The molecule has 0 heterocycles. The third-order valence-electron chi connectivity index (χ3n) is 3.59. The van der Waals surface area contributed by atoms with Crippen molar-refractivity contribution >= 4 is 17.5 Å². The number of phenolic OH excluding ortho intramolecular Hbond substituents is 1. The molecular formula is C19H21N3O4. The van der Waals surface area contributed by atoms with Gasteiger partial charge in [-0.05, 0) is 61.0 Å². The van der Waals surface area contributed by atoms with Gasteiger partial charge in [0.1, 0.15) is 11.5 Å². The monoisotopic (exact) mass is 355 g/mol. The Morgan fingerprint density at radius 3 is 2.19 bits per heavy atom. The van der Waals surface area contributed by atoms with Gasteiger partial charge in [-0.3, -0.25) is 9.59 Å². The van der Waals surface area contributed by atoms with Gasteiger partial charge in [-0.25, -0.2) is 5.43 Å². The second-order valence-corrected chi connectivity index (χ2v) is 5.79. The van der Waals surface area contributed by atoms with E-state index >= 15 is 0 Å². The standard InChI is InChI=1S/C19H21N3O4/c1-13(20-21-19(25)15-4-8-16(23)9-5-15)14-6-10-17(11-7-14)26-12-18(24)22(2)3/h4-11,23H,12H2,1-3H3,(H,21,25)/b20-13-. The molecule has 0 saturated heterocycles. The highest BCUT2D eigenvalue weighted by Gasteiger charge is 2.07. The zero-order valence-electron chi connectivity index (χ0n) is 14.9. The molecule has 0 aliphatic heterocycles. The zero-order chi connectivity index (χ0) is 19.1. The summed E-state index contributed by atoms with van der Waals surface area (Å²) >= 11 is 0. The molecule has 26 heavy (non-hydrogen) atoms. The number of rotatable bonds is 6. The summed E-state index contributed by atoms with van der Waals surface area (Å²) < 4.78 is 5.41. The minimum Gasteiger partial charge on any atom is -0.508 e. The minimum absolute atomic E-state index is 0.0257. The van der Waals surface area contributed by atoms with Crippen LogP contribution in [0.3, 0.4) is 0 Å². The molecule has 2 aromatic carbocycles. The van der Waals surface area contributed by atoms with Gasteiger partial charge in [0.15, 0.2) is 6.61 Å². The van der Waals surface area contributed by atoms with Crippen molar-refractivity contribution in [1.29, 1.82) is 0 Å². The Bertz CT molecular complexity index is 797. The lowest BCUT2D eigenvalue weighted by Gasteiger charge is -2.11. The Morgan fingerprint density at radius 2 is 1.62 bits per heavy atom. The number of hydrogen-bond donors (Lipinski definition) is 2. The van der Waals surface area contributed by atoms with Crippen molar-refractivity contribution in [3.63, 3.8) is 0 Å². The van der Waals surface area contributed by atoms with E-state index in [-0.39, 0.29) is 24.2 Å². The largest absolute Gasteiger partial charge is 0.508 e. The minimum atomic E-state index is -0.369. The maximum atomic E-state index is 12.0. The van der Waals surface area contributed by atoms with Gasteiger partial charge in [0, 0.05) is 19.7 Å². The number of nitrogens with one attached hydrogen (secondary N) is 1. The molecule has 0 unspecified atom stereocenters. The van der Waals surface area contributed by atoms with E-state index in [1.165, 1.54) is 29.2 Å². The number of likely N-dealkylation sites (N-methyl/N-ethyl adjacent to an activating group) is 1. The summed E-state index contributed by atoms with van der Waals surface area (Å²) in [4.78, 5) is 25.0. The molecule has 0 aromatic heterocycles. The molecule has 0 atom stereocenters. The first kappa shape index (κ1) is 19.0. The number of ether oxygens (including phenoxy) is 1. The van der Waals surface area contributed by atoms with Crippen LogP contribution in [0.1, 0.15) is 22.8 Å². The third-order valence-corrected chi connectivity index (χ3v) is 3.59. The molecule has 2 aromatic rings. The molecule has 2 rings (SSSR count). The Balaban J connectivity index is 1.95. The van der Waals surface area contributed by atoms with E-state index in [0.29, 0.717) is 17.0 Å². The number of amides is 2. The Kier molecular flexibility index (Phi) is 6.32. The lowest BCUT2D eigenvalue weighted by atomic mass is 10.1. The normalized spacial score (nSPS) is 11.0. The number of hydrazone groups is 1. The van der Waals surface area contributed by atoms with Crippen molar-refractivity contribution in [2.45, 2.75) is 6.92 Å². The van der Waals surface area contributed by atoms with Crippen LogP contribution in [-0.4, -0.2) is 48.2 Å². The number of benzene rings is 2. The molecule has 136 valence electrons. The molecule has 0 saturated carbocycles. The van der Waals surface area contributed by atoms with Crippen LogP contribution in [0.2, 0.25) is 0 Å². The average Bonchev–Trinajstić information content (AvgIpc) is 2.64. The van der Waals surface area contributed by atoms with Gasteiger partial charge < -0.3 is 14.7 Å². The van der Waals surface area contributed by atoms with E-state index in [1.807, 2.05) is 0 Å². The van der Waals surface area contributed by atoms with Crippen LogP contribution in [0.25, 0.3) is 0 Å². The van der Waals surface area contributed by atoms with Gasteiger partial charge >= 0.3 is 0 Å². The number of phenols is 1. The maximum absolute atomic E-state index is 12.0. The summed E-state index contributed by atoms with van der Waals surface area (Å²) in [6, 6.07) is 12.9. The Hall–Kier alpha value is -3.35. The molecular weight excluding hydrogens is 334 g/mol. The van der Waals surface area contributed by atoms with E-state index in [2.05, 4.69) is 10.5 Å². The van der Waals surface area contributed by atoms with E-state index in [4.69, 9.17) is 4.74 Å². The first-order valence-corrected chi connectivity index (χ1v) is 7.94. The summed E-state index contributed by atoms with van der Waals surface area (Å²) in [5.74, 6) is 0.177. The van der Waals surface area contributed by atoms with E-state index < -0.39 is 0 Å². The first-order chi connectivity index (χ1) is 12.4. The zero-order valence-corrected chi connectivity index (χ0v) is 14.9. The molecule has 7 heteroatoms. The lowest BCUT2D eigenvalue weighted by molar-refractivity contribution is -0.130. The van der Waals surface area contributed by atoms with E-state index in [0.717, 1.165) is 5.56 Å². The van der Waals surface area contributed by atoms with E-state index in [9.17, 15) is 14.7 Å². The summed E-state index contributed by atoms with van der Waals surface area (Å²) in [7, 11) is 3.34. The van der Waals surface area contributed by atoms with Crippen molar-refractivity contribution in [3.05, 3.63) is 59.7 Å². The molecule has 0 aliphatic rings. The highest BCUT2D eigenvalue weighted by atomic mass is 16.5. The third kappa shape index (κ3) is 5.34. The Morgan fingerprint density at radius 1 is 1.04 bits per heavy atom. The molecule has 0 radical (unpaired) electrons. The number of hydrogen-bond acceptors (Lipinski definition) is 5. The van der Waals surface area contributed by atoms with Gasteiger partial charge in [-0.15, -0.1) is 0 Å². The fraction of sp³-hybridized carbons (Fsp3) is 0.211. The molecule has 2 amide bonds. The number of carbonyl (C=O) groups excluding carboxylic acids is 2. The van der Waals surface area contributed by atoms with Crippen molar-refractivity contribution in [1.82, 2.24) is 10.3 Å². The van der Waals surface area contributed by atoms with Crippen molar-refractivity contribution in [2.75, 3.05) is 20.7 Å². The summed E-state index contributed by atoms with van der Waals surface area (Å²) in [6.07, 6.45) is 0. The fourth-order valence-corrected chi connectivity index (χ4v) is 1.94. The van der Waals surface area contributed by atoms with Gasteiger partial charge in [0.25, 0.3) is 11.8 Å². The molecule has 0 bridgehead atoms. The number of carbonyl (C=O) groups is 2. The first-order valence-electron chi connectivity index (χ1n) is 7.94. The lowest BCUT2D eigenvalue weighted by Crippen LogP contribution is -2.27. The van der Waals surface area contributed by atoms with E-state index in [1.54, 1.807) is 45.3 Å². The van der Waals surface area contributed by atoms with Gasteiger partial charge in [-0.2, -0.15) is 5.10 Å². The smallest absolute Gasteiger partial charge is 0.271 e. The Labute approximate surface area is 151 Å². The topological polar surface area (TPSA) is 91.2 Å². The maximum Gasteiger partial charge on any atom is 0.271 e. The summed E-state index contributed by atoms with van der Waals surface area (Å²) in [5.41, 5.74) is 4.29. The van der Waals surface area contributed by atoms with Crippen molar-refractivity contribution < 1.29 is 19.4 Å². The van der Waals surface area contributed by atoms with Crippen LogP contribution in [-0.2, 0) is 4.79 Å².